The highest BCUT2D eigenvalue weighted by Crippen LogP contribution is 2.34. The van der Waals surface area contributed by atoms with Crippen molar-refractivity contribution in [2.45, 2.75) is 63.5 Å². The van der Waals surface area contributed by atoms with Crippen molar-refractivity contribution < 1.29 is 4.74 Å². The molecule has 2 fully saturated rings. The number of H-pyrrole nitrogens is 1. The van der Waals surface area contributed by atoms with Crippen molar-refractivity contribution in [3.8, 4) is 5.75 Å². The number of fused-ring (bicyclic) bond motifs is 1. The molecular formula is C23H30N6O2. The van der Waals surface area contributed by atoms with E-state index in [1.54, 1.807) is 7.11 Å². The van der Waals surface area contributed by atoms with Crippen LogP contribution in [0.1, 0.15) is 74.8 Å². The Morgan fingerprint density at radius 2 is 1.84 bits per heavy atom. The summed E-state index contributed by atoms with van der Waals surface area (Å²) in [7, 11) is 1.66. The third-order valence-corrected chi connectivity index (χ3v) is 6.81. The summed E-state index contributed by atoms with van der Waals surface area (Å²) in [6, 6.07) is 7.77. The van der Waals surface area contributed by atoms with Gasteiger partial charge in [0.2, 0.25) is 0 Å². The number of hydrogen-bond donors (Lipinski definition) is 1. The Morgan fingerprint density at radius 3 is 2.61 bits per heavy atom. The van der Waals surface area contributed by atoms with Crippen molar-refractivity contribution in [3.05, 3.63) is 46.0 Å². The smallest absolute Gasteiger partial charge is 0.253 e. The van der Waals surface area contributed by atoms with Crippen LogP contribution in [-0.4, -0.2) is 50.3 Å². The Balaban J connectivity index is 1.63. The van der Waals surface area contributed by atoms with Crippen molar-refractivity contribution in [1.82, 2.24) is 30.1 Å². The molecule has 0 amide bonds. The lowest BCUT2D eigenvalue weighted by molar-refractivity contribution is 0.171. The van der Waals surface area contributed by atoms with Gasteiger partial charge >= 0.3 is 0 Å². The topological polar surface area (TPSA) is 88.9 Å². The van der Waals surface area contributed by atoms with E-state index in [0.29, 0.717) is 11.6 Å². The fourth-order valence-corrected chi connectivity index (χ4v) is 5.17. The molecule has 1 saturated carbocycles. The van der Waals surface area contributed by atoms with E-state index in [9.17, 15) is 4.79 Å². The number of nitrogens with one attached hydrogen (secondary N) is 1. The number of ether oxygens (including phenoxy) is 1. The summed E-state index contributed by atoms with van der Waals surface area (Å²) in [6.07, 6.45) is 9.34. The molecule has 1 aliphatic heterocycles. The van der Waals surface area contributed by atoms with Crippen LogP contribution in [0.3, 0.4) is 0 Å². The Morgan fingerprint density at radius 1 is 1.06 bits per heavy atom. The number of hydrogen-bond acceptors (Lipinski definition) is 6. The van der Waals surface area contributed by atoms with Gasteiger partial charge in [-0.15, -0.1) is 5.10 Å². The van der Waals surface area contributed by atoms with Crippen LogP contribution in [0.4, 0.5) is 0 Å². The molecule has 0 bridgehead atoms. The summed E-state index contributed by atoms with van der Waals surface area (Å²) in [4.78, 5) is 18.7. The van der Waals surface area contributed by atoms with E-state index in [1.807, 2.05) is 28.9 Å². The lowest BCUT2D eigenvalue weighted by Crippen LogP contribution is -2.39. The molecule has 2 aliphatic rings. The van der Waals surface area contributed by atoms with E-state index >= 15 is 0 Å². The van der Waals surface area contributed by atoms with Crippen LogP contribution in [0.15, 0.2) is 29.1 Å². The number of aromatic amines is 1. The third kappa shape index (κ3) is 3.96. The molecule has 3 aromatic rings. The number of pyridine rings is 1. The molecule has 2 aromatic heterocycles. The normalized spacial score (nSPS) is 19.5. The average Bonchev–Trinajstić information content (AvgIpc) is 3.30. The van der Waals surface area contributed by atoms with Gasteiger partial charge in [0.25, 0.3) is 5.56 Å². The van der Waals surface area contributed by atoms with Gasteiger partial charge in [0.05, 0.1) is 13.2 Å². The number of nitrogens with zero attached hydrogens (tertiary/aromatic N) is 5. The first-order valence-corrected chi connectivity index (χ1v) is 11.5. The van der Waals surface area contributed by atoms with Gasteiger partial charge in [0.15, 0.2) is 5.82 Å². The highest BCUT2D eigenvalue weighted by molar-refractivity contribution is 5.80. The minimum atomic E-state index is -0.253. The van der Waals surface area contributed by atoms with Crippen molar-refractivity contribution in [2.75, 3.05) is 20.2 Å². The summed E-state index contributed by atoms with van der Waals surface area (Å²) >= 11 is 0. The average molecular weight is 423 g/mol. The summed E-state index contributed by atoms with van der Waals surface area (Å²) < 4.78 is 7.41. The molecule has 1 atom stereocenters. The van der Waals surface area contributed by atoms with E-state index in [0.717, 1.165) is 61.2 Å². The minimum absolute atomic E-state index is 0.0774. The number of aromatic nitrogens is 5. The first-order valence-electron chi connectivity index (χ1n) is 11.5. The number of benzene rings is 1. The second-order valence-corrected chi connectivity index (χ2v) is 8.78. The first kappa shape index (κ1) is 20.2. The molecule has 164 valence electrons. The van der Waals surface area contributed by atoms with Gasteiger partial charge in [0.1, 0.15) is 11.8 Å². The molecule has 8 nitrogen and oxygen atoms in total. The Bertz CT molecular complexity index is 1090. The van der Waals surface area contributed by atoms with Crippen LogP contribution in [0.2, 0.25) is 0 Å². The molecule has 8 heteroatoms. The highest BCUT2D eigenvalue weighted by Gasteiger charge is 2.33. The van der Waals surface area contributed by atoms with Gasteiger partial charge in [-0.3, -0.25) is 9.69 Å². The first-order chi connectivity index (χ1) is 15.2. The molecule has 1 N–H and O–H groups in total. The standard InChI is InChI=1S/C23H30N6O2/c1-31-18-10-11-20-16(14-18)15-19(23(30)24-20)21(28-12-6-3-7-13-28)22-25-26-27-29(22)17-8-4-2-5-9-17/h10-11,14-15,17,21H,2-9,12-13H2,1H3,(H,24,30)/t21-/m1/s1. The van der Waals surface area contributed by atoms with E-state index in [2.05, 4.69) is 25.4 Å². The Hall–Kier alpha value is -2.74. The molecule has 1 aliphatic carbocycles. The quantitative estimate of drug-likeness (QED) is 0.676. The van der Waals surface area contributed by atoms with Crippen molar-refractivity contribution in [3.63, 3.8) is 0 Å². The molecule has 1 aromatic carbocycles. The molecule has 0 unspecified atom stereocenters. The van der Waals surface area contributed by atoms with E-state index in [4.69, 9.17) is 4.74 Å². The number of methoxy groups -OCH3 is 1. The molecular weight excluding hydrogens is 392 g/mol. The van der Waals surface area contributed by atoms with Gasteiger partial charge in [0, 0.05) is 16.5 Å². The lowest BCUT2D eigenvalue weighted by atomic mass is 9.94. The van der Waals surface area contributed by atoms with Crippen molar-refractivity contribution in [1.29, 1.82) is 0 Å². The Labute approximate surface area is 181 Å². The predicted octanol–water partition coefficient (Wildman–Crippen LogP) is 3.60. The summed E-state index contributed by atoms with van der Waals surface area (Å²) in [5, 5.41) is 13.9. The Kier molecular flexibility index (Phi) is 5.72. The van der Waals surface area contributed by atoms with Gasteiger partial charge in [-0.05, 0) is 73.5 Å². The number of rotatable bonds is 5. The van der Waals surface area contributed by atoms with Crippen molar-refractivity contribution in [2.24, 2.45) is 0 Å². The van der Waals surface area contributed by atoms with Gasteiger partial charge < -0.3 is 9.72 Å². The maximum Gasteiger partial charge on any atom is 0.253 e. The minimum Gasteiger partial charge on any atom is -0.497 e. The number of likely N-dealkylation sites (tertiary alicyclic amines) is 1. The second-order valence-electron chi connectivity index (χ2n) is 8.78. The third-order valence-electron chi connectivity index (χ3n) is 6.81. The molecule has 5 rings (SSSR count). The largest absolute Gasteiger partial charge is 0.497 e. The van der Waals surface area contributed by atoms with Crippen LogP contribution in [0.5, 0.6) is 5.75 Å². The summed E-state index contributed by atoms with van der Waals surface area (Å²) in [6.45, 7) is 1.88. The molecule has 0 radical (unpaired) electrons. The van der Waals surface area contributed by atoms with E-state index in [1.165, 1.54) is 25.7 Å². The van der Waals surface area contributed by atoms with Crippen LogP contribution in [-0.2, 0) is 0 Å². The molecule has 31 heavy (non-hydrogen) atoms. The van der Waals surface area contributed by atoms with Gasteiger partial charge in [-0.1, -0.05) is 25.7 Å². The number of tetrazole rings is 1. The van der Waals surface area contributed by atoms with Crippen LogP contribution in [0, 0.1) is 0 Å². The summed E-state index contributed by atoms with van der Waals surface area (Å²) in [5.74, 6) is 1.56. The maximum atomic E-state index is 13.3. The van der Waals surface area contributed by atoms with Crippen LogP contribution in [0.25, 0.3) is 10.9 Å². The zero-order chi connectivity index (χ0) is 21.2. The van der Waals surface area contributed by atoms with Crippen LogP contribution >= 0.6 is 0 Å². The van der Waals surface area contributed by atoms with Crippen molar-refractivity contribution >= 4 is 10.9 Å². The van der Waals surface area contributed by atoms with Gasteiger partial charge in [-0.2, -0.15) is 0 Å². The monoisotopic (exact) mass is 422 g/mol. The van der Waals surface area contributed by atoms with Gasteiger partial charge in [-0.25, -0.2) is 4.68 Å². The highest BCUT2D eigenvalue weighted by atomic mass is 16.5. The molecule has 3 heterocycles. The number of piperidine rings is 1. The fraction of sp³-hybridized carbons (Fsp3) is 0.565. The maximum absolute atomic E-state index is 13.3. The van der Waals surface area contributed by atoms with E-state index < -0.39 is 0 Å². The fourth-order valence-electron chi connectivity index (χ4n) is 5.17. The van der Waals surface area contributed by atoms with Crippen LogP contribution < -0.4 is 10.3 Å². The summed E-state index contributed by atoms with van der Waals surface area (Å²) in [5.41, 5.74) is 1.43. The lowest BCUT2D eigenvalue weighted by Gasteiger charge is -2.34. The predicted molar refractivity (Wildman–Crippen MR) is 118 cm³/mol. The zero-order valence-electron chi connectivity index (χ0n) is 18.1. The second kappa shape index (κ2) is 8.78. The molecule has 0 spiro atoms. The molecule has 1 saturated heterocycles. The SMILES string of the molecule is COc1ccc2[nH]c(=O)c([C@H](c3nnnn3C3CCCCC3)N3CCCCC3)cc2c1. The van der Waals surface area contributed by atoms with E-state index in [-0.39, 0.29) is 11.6 Å². The zero-order valence-corrected chi connectivity index (χ0v) is 18.1.